The van der Waals surface area contributed by atoms with Gasteiger partial charge in [-0.1, -0.05) is 4.13 Å². The first-order valence-electron chi connectivity index (χ1n) is 2.09. The lowest BCUT2D eigenvalue weighted by molar-refractivity contribution is 1.43. The Morgan fingerprint density at radius 3 is 3.25 bits per heavy atom. The van der Waals surface area contributed by atoms with Crippen molar-refractivity contribution in [1.82, 2.24) is 4.13 Å². The zero-order chi connectivity index (χ0) is 5.40. The van der Waals surface area contributed by atoms with Gasteiger partial charge in [0.25, 0.3) is 0 Å². The van der Waals surface area contributed by atoms with E-state index in [1.165, 1.54) is 9.10 Å². The first kappa shape index (κ1) is 5.17. The molecule has 1 aliphatic heterocycles. The van der Waals surface area contributed by atoms with E-state index >= 15 is 0 Å². The normalized spacial score (nSPS) is 16.5. The molecule has 0 saturated heterocycles. The summed E-state index contributed by atoms with van der Waals surface area (Å²) in [5.74, 6) is 0. The first-order chi connectivity index (χ1) is 3.97. The molecule has 0 bridgehead atoms. The van der Waals surface area contributed by atoms with Gasteiger partial charge in [-0.3, -0.25) is 0 Å². The lowest BCUT2D eigenvalue weighted by atomic mass is 10.7. The Kier molecular flexibility index (Phi) is 1.26. The van der Waals surface area contributed by atoms with Crippen molar-refractivity contribution in [3.63, 3.8) is 0 Å². The minimum atomic E-state index is 1.32. The molecule has 1 radical (unpaired) electrons. The van der Waals surface area contributed by atoms with Gasteiger partial charge in [0.15, 0.2) is 0 Å². The smallest absolute Gasteiger partial charge is 0.0926 e. The molecule has 8 heavy (non-hydrogen) atoms. The van der Waals surface area contributed by atoms with E-state index in [2.05, 4.69) is 15.6 Å². The summed E-state index contributed by atoms with van der Waals surface area (Å²) in [5.41, 5.74) is 0. The van der Waals surface area contributed by atoms with Crippen LogP contribution in [0.15, 0.2) is 20.6 Å². The monoisotopic (exact) mass is 160 g/mol. The average molecular weight is 160 g/mol. The molecule has 4 heteroatoms. The molecule has 0 aliphatic carbocycles. The molecule has 0 spiro atoms. The number of nitrogens with zero attached hydrogens (tertiary/aromatic N) is 1. The van der Waals surface area contributed by atoms with Gasteiger partial charge in [-0.25, -0.2) is 0 Å². The maximum atomic E-state index is 4.06. The number of rotatable bonds is 0. The largest absolute Gasteiger partial charge is 0.135 e. The van der Waals surface area contributed by atoms with E-state index in [1.807, 2.05) is 0 Å². The van der Waals surface area contributed by atoms with Gasteiger partial charge < -0.3 is 0 Å². The van der Waals surface area contributed by atoms with Crippen LogP contribution in [-0.2, 0) is 0 Å². The first-order valence-corrected chi connectivity index (χ1v) is 4.51. The van der Waals surface area contributed by atoms with Crippen LogP contribution < -0.4 is 4.13 Å². The second kappa shape index (κ2) is 1.95. The van der Waals surface area contributed by atoms with Gasteiger partial charge >= 0.3 is 0 Å². The van der Waals surface area contributed by atoms with Gasteiger partial charge in [0, 0.05) is 11.9 Å². The molecule has 0 amide bonds. The summed E-state index contributed by atoms with van der Waals surface area (Å²) in [6, 6.07) is 2.11. The molecule has 2 heterocycles. The van der Waals surface area contributed by atoms with Crippen LogP contribution in [0.3, 0.4) is 0 Å². The summed E-state index contributed by atoms with van der Waals surface area (Å²) in [5, 5.41) is 2.10. The van der Waals surface area contributed by atoms with E-state index in [-0.39, 0.29) is 0 Å². The van der Waals surface area contributed by atoms with Crippen molar-refractivity contribution in [2.45, 2.75) is 9.10 Å². The Morgan fingerprint density at radius 2 is 2.38 bits per heavy atom. The molecule has 1 nitrogen and oxygen atoms in total. The fraction of sp³-hybridized carbons (Fsp3) is 0. The molecule has 2 rings (SSSR count). The Labute approximate surface area is 60.1 Å². The van der Waals surface area contributed by atoms with E-state index in [0.29, 0.717) is 0 Å². The summed E-state index contributed by atoms with van der Waals surface area (Å²) in [7, 11) is 0. The van der Waals surface area contributed by atoms with Gasteiger partial charge in [0.2, 0.25) is 0 Å². The van der Waals surface area contributed by atoms with Gasteiger partial charge in [-0.15, -0.1) is 11.3 Å². The second-order valence-corrected chi connectivity index (χ2v) is 4.31. The minimum Gasteiger partial charge on any atom is -0.135 e. The third-order valence-electron chi connectivity index (χ3n) is 0.851. The molecule has 0 atom stereocenters. The molecule has 0 fully saturated rings. The van der Waals surface area contributed by atoms with Gasteiger partial charge in [-0.2, -0.15) is 0 Å². The highest BCUT2D eigenvalue weighted by Crippen LogP contribution is 2.42. The predicted molar refractivity (Wildman–Crippen MR) is 38.2 cm³/mol. The fourth-order valence-corrected chi connectivity index (χ4v) is 3.30. The highest BCUT2D eigenvalue weighted by Gasteiger charge is 2.13. The number of hydrogen-bond acceptors (Lipinski definition) is 3. The summed E-state index contributed by atoms with van der Waals surface area (Å²) < 4.78 is 5.40. The maximum absolute atomic E-state index is 4.06. The van der Waals surface area contributed by atoms with Crippen molar-refractivity contribution in [3.8, 4) is 0 Å². The third kappa shape index (κ3) is 0.683. The van der Waals surface area contributed by atoms with E-state index < -0.39 is 0 Å². The van der Waals surface area contributed by atoms with Crippen LogP contribution in [0.5, 0.6) is 0 Å². The Bertz CT molecular complexity index is 176. The lowest BCUT2D eigenvalue weighted by Gasteiger charge is -1.75. The highest BCUT2D eigenvalue weighted by atomic mass is 32.2. The summed E-state index contributed by atoms with van der Waals surface area (Å²) >= 11 is 4.91. The van der Waals surface area contributed by atoms with Gasteiger partial charge in [-0.05, 0) is 23.4 Å². The molecule has 0 unspecified atom stereocenters. The fourth-order valence-electron chi connectivity index (χ4n) is 0.511. The van der Waals surface area contributed by atoms with Gasteiger partial charge in [0.1, 0.15) is 0 Å². The SMILES string of the molecule is c1cc2c(s1)S[N]S2. The number of thiophene rings is 1. The number of fused-ring (bicyclic) bond motifs is 1. The average Bonchev–Trinajstić information content (AvgIpc) is 2.15. The van der Waals surface area contributed by atoms with E-state index in [0.717, 1.165) is 0 Å². The second-order valence-electron chi connectivity index (χ2n) is 1.33. The molecule has 1 aliphatic rings. The van der Waals surface area contributed by atoms with Crippen LogP contribution in [0, 0.1) is 0 Å². The third-order valence-corrected chi connectivity index (χ3v) is 3.85. The van der Waals surface area contributed by atoms with Crippen LogP contribution in [0.4, 0.5) is 0 Å². The van der Waals surface area contributed by atoms with Crippen LogP contribution in [-0.4, -0.2) is 0 Å². The van der Waals surface area contributed by atoms with Crippen LogP contribution in [0.25, 0.3) is 0 Å². The molecule has 0 N–H and O–H groups in total. The van der Waals surface area contributed by atoms with Crippen LogP contribution in [0.2, 0.25) is 0 Å². The summed E-state index contributed by atoms with van der Waals surface area (Å²) in [6.07, 6.45) is 0. The zero-order valence-corrected chi connectivity index (χ0v) is 6.28. The van der Waals surface area contributed by atoms with Crippen LogP contribution >= 0.6 is 35.2 Å². The summed E-state index contributed by atoms with van der Waals surface area (Å²) in [6.45, 7) is 0. The lowest BCUT2D eigenvalue weighted by Crippen LogP contribution is -1.61. The van der Waals surface area contributed by atoms with Crippen LogP contribution in [0.1, 0.15) is 0 Å². The molecular formula is C4H2NS3. The predicted octanol–water partition coefficient (Wildman–Crippen LogP) is 2.38. The zero-order valence-electron chi connectivity index (χ0n) is 3.83. The topological polar surface area (TPSA) is 14.1 Å². The molecule has 41 valence electrons. The Morgan fingerprint density at radius 1 is 1.38 bits per heavy atom. The molecule has 0 saturated carbocycles. The Hall–Kier alpha value is 0.360. The minimum absolute atomic E-state index is 1.32. The van der Waals surface area contributed by atoms with E-state index in [4.69, 9.17) is 0 Å². The standard InChI is InChI=1S/C4H2NS3/c1-2-6-4-3(1)7-5-8-4/h1-2H. The van der Waals surface area contributed by atoms with Crippen molar-refractivity contribution < 1.29 is 0 Å². The van der Waals surface area contributed by atoms with Crippen molar-refractivity contribution in [3.05, 3.63) is 11.4 Å². The summed E-state index contributed by atoms with van der Waals surface area (Å²) in [4.78, 5) is 1.32. The number of hydrogen-bond donors (Lipinski definition) is 0. The van der Waals surface area contributed by atoms with Gasteiger partial charge in [0.05, 0.1) is 9.10 Å². The molecular weight excluding hydrogens is 158 g/mol. The van der Waals surface area contributed by atoms with E-state index in [9.17, 15) is 0 Å². The Balaban J connectivity index is 2.54. The molecule has 0 aromatic carbocycles. The maximum Gasteiger partial charge on any atom is 0.0926 e. The van der Waals surface area contributed by atoms with Crippen molar-refractivity contribution >= 4 is 35.2 Å². The molecule has 1 aromatic rings. The van der Waals surface area contributed by atoms with Crippen molar-refractivity contribution in [2.75, 3.05) is 0 Å². The van der Waals surface area contributed by atoms with E-state index in [1.54, 1.807) is 35.2 Å². The molecule has 1 aromatic heterocycles. The highest BCUT2D eigenvalue weighted by molar-refractivity contribution is 8.16. The van der Waals surface area contributed by atoms with Crippen molar-refractivity contribution in [2.24, 2.45) is 0 Å². The van der Waals surface area contributed by atoms with Crippen molar-refractivity contribution in [1.29, 1.82) is 0 Å². The quantitative estimate of drug-likeness (QED) is 0.541.